The number of nitrogens with zero attached hydrogens (tertiary/aromatic N) is 3. The minimum Gasteiger partial charge on any atom is -0.379 e. The van der Waals surface area contributed by atoms with E-state index in [1.54, 1.807) is 23.1 Å². The maximum absolute atomic E-state index is 13.2. The number of carbonyl (C=O) groups excluding carboxylic acids is 1. The Balaban J connectivity index is 1.47. The van der Waals surface area contributed by atoms with Crippen molar-refractivity contribution in [2.45, 2.75) is 24.7 Å². The van der Waals surface area contributed by atoms with Crippen molar-refractivity contribution in [2.24, 2.45) is 0 Å². The zero-order valence-corrected chi connectivity index (χ0v) is 19.6. The first-order valence-electron chi connectivity index (χ1n) is 10.9. The van der Waals surface area contributed by atoms with Crippen LogP contribution in [0.4, 0.5) is 5.13 Å². The van der Waals surface area contributed by atoms with E-state index >= 15 is 0 Å². The molecule has 0 spiro atoms. The molecule has 4 rings (SSSR count). The fourth-order valence-electron chi connectivity index (χ4n) is 3.64. The highest BCUT2D eigenvalue weighted by Gasteiger charge is 2.21. The molecule has 0 aliphatic carbocycles. The number of fused-ring (bicyclic) bond motifs is 1. The second-order valence-corrected chi connectivity index (χ2v) is 9.66. The molecule has 0 unspecified atom stereocenters. The van der Waals surface area contributed by atoms with Gasteiger partial charge in [0.25, 0.3) is 0 Å². The minimum atomic E-state index is 0.116. The Hall–Kier alpha value is -1.93. The zero-order valence-electron chi connectivity index (χ0n) is 18.0. The quantitative estimate of drug-likeness (QED) is 0.438. The summed E-state index contributed by atoms with van der Waals surface area (Å²) >= 11 is 3.21. The molecule has 7 heteroatoms. The zero-order chi connectivity index (χ0) is 21.5. The van der Waals surface area contributed by atoms with Gasteiger partial charge in [-0.1, -0.05) is 42.5 Å². The number of rotatable bonds is 9. The molecule has 1 amide bonds. The van der Waals surface area contributed by atoms with Crippen LogP contribution in [-0.4, -0.2) is 60.9 Å². The maximum atomic E-state index is 13.2. The van der Waals surface area contributed by atoms with Crippen LogP contribution in [0.1, 0.15) is 18.9 Å². The van der Waals surface area contributed by atoms with Gasteiger partial charge in [-0.25, -0.2) is 4.98 Å². The molecule has 0 N–H and O–H groups in total. The van der Waals surface area contributed by atoms with Gasteiger partial charge in [0, 0.05) is 31.1 Å². The molecule has 0 bridgehead atoms. The lowest BCUT2D eigenvalue weighted by molar-refractivity contribution is -0.116. The summed E-state index contributed by atoms with van der Waals surface area (Å²) in [6.07, 6.45) is 1.93. The summed E-state index contributed by atoms with van der Waals surface area (Å²) < 4.78 is 6.59. The molecule has 1 saturated heterocycles. The molecule has 31 heavy (non-hydrogen) atoms. The number of carbonyl (C=O) groups is 1. The van der Waals surface area contributed by atoms with Gasteiger partial charge in [-0.15, -0.1) is 11.8 Å². The summed E-state index contributed by atoms with van der Waals surface area (Å²) in [6, 6.07) is 16.5. The minimum absolute atomic E-state index is 0.116. The van der Waals surface area contributed by atoms with E-state index in [0.717, 1.165) is 65.9 Å². The Kier molecular flexibility index (Phi) is 7.97. The second kappa shape index (κ2) is 11.1. The van der Waals surface area contributed by atoms with E-state index in [4.69, 9.17) is 9.72 Å². The smallest absolute Gasteiger partial charge is 0.239 e. The van der Waals surface area contributed by atoms with Gasteiger partial charge in [0.05, 0.1) is 29.2 Å². The molecule has 0 radical (unpaired) electrons. The summed E-state index contributed by atoms with van der Waals surface area (Å²) in [5.74, 6) is 0.531. The summed E-state index contributed by atoms with van der Waals surface area (Å²) in [7, 11) is 0. The number of ether oxygens (including phenoxy) is 1. The predicted molar refractivity (Wildman–Crippen MR) is 130 cm³/mol. The Bertz CT molecular complexity index is 987. The molecule has 164 valence electrons. The second-order valence-electron chi connectivity index (χ2n) is 7.61. The number of hydrogen-bond acceptors (Lipinski definition) is 6. The Morgan fingerprint density at radius 3 is 2.77 bits per heavy atom. The van der Waals surface area contributed by atoms with Gasteiger partial charge in [0.1, 0.15) is 0 Å². The van der Waals surface area contributed by atoms with Crippen molar-refractivity contribution in [3.63, 3.8) is 0 Å². The van der Waals surface area contributed by atoms with E-state index in [2.05, 4.69) is 30.0 Å². The number of aromatic nitrogens is 1. The van der Waals surface area contributed by atoms with E-state index in [9.17, 15) is 4.79 Å². The third-order valence-electron chi connectivity index (χ3n) is 5.45. The van der Waals surface area contributed by atoms with Gasteiger partial charge in [-0.3, -0.25) is 14.6 Å². The van der Waals surface area contributed by atoms with E-state index in [1.807, 2.05) is 35.2 Å². The topological polar surface area (TPSA) is 45.7 Å². The number of thiazole rings is 1. The van der Waals surface area contributed by atoms with Crippen LogP contribution in [0.15, 0.2) is 53.4 Å². The van der Waals surface area contributed by atoms with Crippen molar-refractivity contribution in [3.05, 3.63) is 54.1 Å². The first-order chi connectivity index (χ1) is 15.2. The highest BCUT2D eigenvalue weighted by atomic mass is 32.2. The first-order valence-corrected chi connectivity index (χ1v) is 12.7. The van der Waals surface area contributed by atoms with Crippen LogP contribution in [0.2, 0.25) is 0 Å². The average Bonchev–Trinajstić information content (AvgIpc) is 3.24. The first kappa shape index (κ1) is 22.3. The standard InChI is InChI=1S/C24H29N3O2S2/c1-2-19-9-10-21-22(17-19)31-24(25-21)27(12-6-11-26-13-15-29-16-14-26)23(28)18-30-20-7-4-3-5-8-20/h3-5,7-10,17H,2,6,11-16,18H2,1H3. The van der Waals surface area contributed by atoms with E-state index in [0.29, 0.717) is 12.3 Å². The molecule has 0 saturated carbocycles. The van der Waals surface area contributed by atoms with Crippen LogP contribution in [0.5, 0.6) is 0 Å². The summed E-state index contributed by atoms with van der Waals surface area (Å²) in [5, 5.41) is 0.809. The maximum Gasteiger partial charge on any atom is 0.239 e. The average molecular weight is 456 g/mol. The van der Waals surface area contributed by atoms with Crippen molar-refractivity contribution >= 4 is 44.4 Å². The van der Waals surface area contributed by atoms with Gasteiger partial charge >= 0.3 is 0 Å². The third kappa shape index (κ3) is 6.07. The molecule has 1 fully saturated rings. The molecule has 1 aliphatic heterocycles. The Morgan fingerprint density at radius 1 is 1.19 bits per heavy atom. The highest BCUT2D eigenvalue weighted by molar-refractivity contribution is 8.00. The van der Waals surface area contributed by atoms with Crippen LogP contribution in [0.3, 0.4) is 0 Å². The fraction of sp³-hybridized carbons (Fsp3) is 0.417. The van der Waals surface area contributed by atoms with Crippen LogP contribution >= 0.6 is 23.1 Å². The lowest BCUT2D eigenvalue weighted by Crippen LogP contribution is -2.39. The third-order valence-corrected chi connectivity index (χ3v) is 7.48. The fourth-order valence-corrected chi connectivity index (χ4v) is 5.50. The predicted octanol–water partition coefficient (Wildman–Crippen LogP) is 4.71. The monoisotopic (exact) mass is 455 g/mol. The number of thioether (sulfide) groups is 1. The molecular formula is C24H29N3O2S2. The van der Waals surface area contributed by atoms with E-state index in [1.165, 1.54) is 5.56 Å². The summed E-state index contributed by atoms with van der Waals surface area (Å²) in [5.41, 5.74) is 2.27. The van der Waals surface area contributed by atoms with Crippen molar-refractivity contribution in [3.8, 4) is 0 Å². The molecule has 0 atom stereocenters. The van der Waals surface area contributed by atoms with Gasteiger partial charge in [-0.05, 0) is 42.7 Å². The van der Waals surface area contributed by atoms with Crippen molar-refractivity contribution < 1.29 is 9.53 Å². The molecule has 1 aromatic heterocycles. The SMILES string of the molecule is CCc1ccc2nc(N(CCCN3CCOCC3)C(=O)CSc3ccccc3)sc2c1. The normalized spacial score (nSPS) is 14.7. The van der Waals surface area contributed by atoms with Crippen molar-refractivity contribution in [1.29, 1.82) is 0 Å². The van der Waals surface area contributed by atoms with Gasteiger partial charge in [0.15, 0.2) is 5.13 Å². The lowest BCUT2D eigenvalue weighted by atomic mass is 10.2. The molecule has 2 aromatic carbocycles. The number of aryl methyl sites for hydroxylation is 1. The lowest BCUT2D eigenvalue weighted by Gasteiger charge is -2.27. The molecular weight excluding hydrogens is 426 g/mol. The van der Waals surface area contributed by atoms with E-state index in [-0.39, 0.29) is 5.91 Å². The van der Waals surface area contributed by atoms with Crippen LogP contribution < -0.4 is 4.90 Å². The van der Waals surface area contributed by atoms with Gasteiger partial charge in [-0.2, -0.15) is 0 Å². The summed E-state index contributed by atoms with van der Waals surface area (Å²) in [6.45, 7) is 7.36. The molecule has 2 heterocycles. The number of anilines is 1. The molecule has 1 aliphatic rings. The van der Waals surface area contributed by atoms with Crippen molar-refractivity contribution in [2.75, 3.05) is 50.0 Å². The van der Waals surface area contributed by atoms with Crippen molar-refractivity contribution in [1.82, 2.24) is 9.88 Å². The van der Waals surface area contributed by atoms with Crippen LogP contribution in [0.25, 0.3) is 10.2 Å². The van der Waals surface area contributed by atoms with E-state index < -0.39 is 0 Å². The van der Waals surface area contributed by atoms with Crippen LogP contribution in [0, 0.1) is 0 Å². The molecule has 5 nitrogen and oxygen atoms in total. The largest absolute Gasteiger partial charge is 0.379 e. The number of benzene rings is 2. The number of amides is 1. The Labute approximate surface area is 192 Å². The molecule has 3 aromatic rings. The van der Waals surface area contributed by atoms with Crippen LogP contribution in [-0.2, 0) is 16.0 Å². The van der Waals surface area contributed by atoms with Gasteiger partial charge in [0.2, 0.25) is 5.91 Å². The summed E-state index contributed by atoms with van der Waals surface area (Å²) in [4.78, 5) is 23.5. The number of hydrogen-bond donors (Lipinski definition) is 0. The highest BCUT2D eigenvalue weighted by Crippen LogP contribution is 2.31. The van der Waals surface area contributed by atoms with Gasteiger partial charge < -0.3 is 4.74 Å². The number of morpholine rings is 1. The Morgan fingerprint density at radius 2 is 2.00 bits per heavy atom.